The molecule has 0 aliphatic carbocycles. The third-order valence-electron chi connectivity index (χ3n) is 5.74. The van der Waals surface area contributed by atoms with Gasteiger partial charge in [-0.2, -0.15) is 5.10 Å². The van der Waals surface area contributed by atoms with Gasteiger partial charge in [0.1, 0.15) is 17.2 Å². The van der Waals surface area contributed by atoms with Crippen molar-refractivity contribution in [3.63, 3.8) is 0 Å². The van der Waals surface area contributed by atoms with E-state index in [0.717, 1.165) is 22.6 Å². The highest BCUT2D eigenvalue weighted by Crippen LogP contribution is 2.32. The van der Waals surface area contributed by atoms with Crippen LogP contribution in [0, 0.1) is 0 Å². The molecule has 3 rings (SSSR count). The van der Waals surface area contributed by atoms with Gasteiger partial charge in [0.2, 0.25) is 0 Å². The number of carboxylic acids is 1. The highest BCUT2D eigenvalue weighted by molar-refractivity contribution is 5.76. The Balaban J connectivity index is 2.04. The average Bonchev–Trinajstić information content (AvgIpc) is 3.26. The van der Waals surface area contributed by atoms with Crippen LogP contribution in [0.15, 0.2) is 48.5 Å². The van der Waals surface area contributed by atoms with Gasteiger partial charge in [-0.15, -0.1) is 0 Å². The number of carbonyl (C=O) groups is 1. The van der Waals surface area contributed by atoms with E-state index in [1.807, 2.05) is 54.1 Å². The van der Waals surface area contributed by atoms with Crippen molar-refractivity contribution in [3.05, 3.63) is 59.8 Å². The molecule has 1 aromatic heterocycles. The predicted octanol–water partition coefficient (Wildman–Crippen LogP) is 4.78. The van der Waals surface area contributed by atoms with Gasteiger partial charge in [-0.25, -0.2) is 4.79 Å². The minimum Gasteiger partial charge on any atom is -0.497 e. The SMILES string of the molecule is CCOc1ccccc1Cn1nc(COC(C)(CC)C(=O)O)cc1-c1cc(OC)cc(OC)c1. The van der Waals surface area contributed by atoms with E-state index in [1.165, 1.54) is 0 Å². The Morgan fingerprint density at radius 3 is 2.32 bits per heavy atom. The van der Waals surface area contributed by atoms with E-state index in [0.29, 0.717) is 36.8 Å². The quantitative estimate of drug-likeness (QED) is 0.409. The van der Waals surface area contributed by atoms with Crippen LogP contribution < -0.4 is 14.2 Å². The number of methoxy groups -OCH3 is 2. The summed E-state index contributed by atoms with van der Waals surface area (Å²) in [6, 6.07) is 15.3. The van der Waals surface area contributed by atoms with E-state index in [4.69, 9.17) is 24.0 Å². The normalized spacial score (nSPS) is 12.7. The van der Waals surface area contributed by atoms with Crippen LogP contribution in [0.4, 0.5) is 0 Å². The van der Waals surface area contributed by atoms with Crippen LogP contribution in [0.2, 0.25) is 0 Å². The Kier molecular flexibility index (Phi) is 8.17. The number of hydrogen-bond donors (Lipinski definition) is 1. The zero-order chi connectivity index (χ0) is 24.7. The van der Waals surface area contributed by atoms with Crippen LogP contribution in [0.25, 0.3) is 11.3 Å². The molecule has 34 heavy (non-hydrogen) atoms. The molecule has 8 nitrogen and oxygen atoms in total. The minimum atomic E-state index is -1.29. The van der Waals surface area contributed by atoms with Crippen molar-refractivity contribution in [1.29, 1.82) is 0 Å². The Morgan fingerprint density at radius 2 is 1.74 bits per heavy atom. The molecule has 1 unspecified atom stereocenters. The predicted molar refractivity (Wildman–Crippen MR) is 129 cm³/mol. The van der Waals surface area contributed by atoms with Crippen LogP contribution in [0.1, 0.15) is 38.4 Å². The van der Waals surface area contributed by atoms with Gasteiger partial charge >= 0.3 is 5.97 Å². The first-order valence-electron chi connectivity index (χ1n) is 11.2. The van der Waals surface area contributed by atoms with Gasteiger partial charge in [0.25, 0.3) is 0 Å². The largest absolute Gasteiger partial charge is 0.497 e. The summed E-state index contributed by atoms with van der Waals surface area (Å²) in [5.74, 6) is 1.09. The Bertz CT molecular complexity index is 1100. The molecule has 0 aliphatic heterocycles. The van der Waals surface area contributed by atoms with Crippen molar-refractivity contribution < 1.29 is 28.8 Å². The molecule has 1 heterocycles. The van der Waals surface area contributed by atoms with Gasteiger partial charge < -0.3 is 24.1 Å². The average molecular weight is 469 g/mol. The maximum Gasteiger partial charge on any atom is 0.335 e. The van der Waals surface area contributed by atoms with Crippen molar-refractivity contribution in [2.45, 2.75) is 45.9 Å². The number of hydrogen-bond acceptors (Lipinski definition) is 6. The van der Waals surface area contributed by atoms with Gasteiger partial charge in [0, 0.05) is 17.2 Å². The van der Waals surface area contributed by atoms with Crippen LogP contribution in [0.3, 0.4) is 0 Å². The fraction of sp³-hybridized carbons (Fsp3) is 0.385. The lowest BCUT2D eigenvalue weighted by Gasteiger charge is -2.22. The number of ether oxygens (including phenoxy) is 4. The molecular weight excluding hydrogens is 436 g/mol. The first-order chi connectivity index (χ1) is 16.3. The smallest absolute Gasteiger partial charge is 0.335 e. The molecule has 0 bridgehead atoms. The second-order valence-electron chi connectivity index (χ2n) is 8.00. The zero-order valence-corrected chi connectivity index (χ0v) is 20.3. The van der Waals surface area contributed by atoms with Crippen molar-refractivity contribution in [2.75, 3.05) is 20.8 Å². The van der Waals surface area contributed by atoms with Gasteiger partial charge in [0.15, 0.2) is 5.60 Å². The monoisotopic (exact) mass is 468 g/mol. The molecule has 0 saturated heterocycles. The Morgan fingerprint density at radius 1 is 1.06 bits per heavy atom. The topological polar surface area (TPSA) is 92.0 Å². The molecule has 0 aliphatic rings. The summed E-state index contributed by atoms with van der Waals surface area (Å²) < 4.78 is 24.3. The summed E-state index contributed by atoms with van der Waals surface area (Å²) in [6.07, 6.45) is 0.338. The number of carboxylic acid groups (broad SMARTS) is 1. The van der Waals surface area contributed by atoms with Crippen molar-refractivity contribution in [3.8, 4) is 28.5 Å². The van der Waals surface area contributed by atoms with Crippen molar-refractivity contribution in [1.82, 2.24) is 9.78 Å². The zero-order valence-electron chi connectivity index (χ0n) is 20.3. The van der Waals surface area contributed by atoms with E-state index in [9.17, 15) is 9.90 Å². The number of benzene rings is 2. The summed E-state index contributed by atoms with van der Waals surface area (Å²) >= 11 is 0. The molecular formula is C26H32N2O6. The lowest BCUT2D eigenvalue weighted by Crippen LogP contribution is -2.37. The van der Waals surface area contributed by atoms with Crippen LogP contribution >= 0.6 is 0 Å². The van der Waals surface area contributed by atoms with Crippen LogP contribution in [0.5, 0.6) is 17.2 Å². The summed E-state index contributed by atoms with van der Waals surface area (Å²) in [5.41, 5.74) is 1.97. The van der Waals surface area contributed by atoms with Gasteiger partial charge in [-0.1, -0.05) is 25.1 Å². The minimum absolute atomic E-state index is 0.0604. The molecule has 2 aromatic carbocycles. The number of rotatable bonds is 12. The summed E-state index contributed by atoms with van der Waals surface area (Å²) in [5, 5.41) is 14.3. The van der Waals surface area contributed by atoms with E-state index in [2.05, 4.69) is 0 Å². The molecule has 0 radical (unpaired) electrons. The van der Waals surface area contributed by atoms with E-state index in [-0.39, 0.29) is 6.61 Å². The van der Waals surface area contributed by atoms with Gasteiger partial charge in [-0.05, 0) is 44.5 Å². The van der Waals surface area contributed by atoms with Crippen molar-refractivity contribution >= 4 is 5.97 Å². The second-order valence-corrected chi connectivity index (χ2v) is 8.00. The lowest BCUT2D eigenvalue weighted by atomic mass is 10.0. The van der Waals surface area contributed by atoms with E-state index in [1.54, 1.807) is 34.1 Å². The van der Waals surface area contributed by atoms with Gasteiger partial charge in [0.05, 0.1) is 45.4 Å². The molecule has 0 spiro atoms. The molecule has 0 saturated carbocycles. The highest BCUT2D eigenvalue weighted by Gasteiger charge is 2.32. The molecule has 1 N–H and O–H groups in total. The molecule has 3 aromatic rings. The summed E-state index contributed by atoms with van der Waals surface area (Å²) in [6.45, 7) is 6.37. The maximum absolute atomic E-state index is 11.7. The highest BCUT2D eigenvalue weighted by atomic mass is 16.5. The molecule has 182 valence electrons. The Labute approximate surface area is 200 Å². The number of para-hydroxylation sites is 1. The molecule has 0 amide bonds. The lowest BCUT2D eigenvalue weighted by molar-refractivity contribution is -0.165. The molecule has 8 heteroatoms. The van der Waals surface area contributed by atoms with Crippen LogP contribution in [-0.2, 0) is 22.7 Å². The fourth-order valence-electron chi connectivity index (χ4n) is 3.49. The number of aromatic nitrogens is 2. The first-order valence-corrected chi connectivity index (χ1v) is 11.2. The molecule has 0 fully saturated rings. The number of aliphatic carboxylic acids is 1. The maximum atomic E-state index is 11.7. The van der Waals surface area contributed by atoms with E-state index >= 15 is 0 Å². The third kappa shape index (κ3) is 5.69. The van der Waals surface area contributed by atoms with Crippen molar-refractivity contribution in [2.24, 2.45) is 0 Å². The second kappa shape index (κ2) is 11.1. The fourth-order valence-corrected chi connectivity index (χ4v) is 3.49. The third-order valence-corrected chi connectivity index (χ3v) is 5.74. The molecule has 1 atom stereocenters. The van der Waals surface area contributed by atoms with E-state index < -0.39 is 11.6 Å². The van der Waals surface area contributed by atoms with Gasteiger partial charge in [-0.3, -0.25) is 4.68 Å². The summed E-state index contributed by atoms with van der Waals surface area (Å²) in [4.78, 5) is 11.7. The standard InChI is InChI=1S/C26H32N2O6/c1-6-26(3,25(29)30)34-17-20-14-23(19-12-21(31-4)15-22(13-19)32-5)28(27-20)16-18-10-8-9-11-24(18)33-7-2/h8-15H,6-7,16-17H2,1-5H3,(H,29,30). The first kappa shape index (κ1) is 25.1. The number of nitrogens with zero attached hydrogens (tertiary/aromatic N) is 2. The van der Waals surface area contributed by atoms with Crippen LogP contribution in [-0.4, -0.2) is 47.3 Å². The Hall–Kier alpha value is -3.52. The summed E-state index contributed by atoms with van der Waals surface area (Å²) in [7, 11) is 3.20.